The number of rotatable bonds is 5. The summed E-state index contributed by atoms with van der Waals surface area (Å²) in [6.07, 6.45) is 5.81. The molecule has 0 spiro atoms. The Hall–Kier alpha value is -3.92. The number of carbonyl (C=O) groups is 1. The number of ether oxygens (including phenoxy) is 1. The van der Waals surface area contributed by atoms with Crippen LogP contribution in [0.25, 0.3) is 22.5 Å². The van der Waals surface area contributed by atoms with Crippen LogP contribution in [0.15, 0.2) is 41.3 Å². The van der Waals surface area contributed by atoms with Gasteiger partial charge in [-0.25, -0.2) is 14.8 Å². The third-order valence-corrected chi connectivity index (χ3v) is 5.44. The molecule has 3 aromatic rings. The smallest absolute Gasteiger partial charge is 0.354 e. The van der Waals surface area contributed by atoms with Crippen molar-refractivity contribution in [2.75, 3.05) is 10.9 Å². The van der Waals surface area contributed by atoms with Gasteiger partial charge < -0.3 is 14.8 Å². The lowest BCUT2D eigenvalue weighted by Crippen LogP contribution is -2.21. The summed E-state index contributed by atoms with van der Waals surface area (Å²) in [4.78, 5) is 34.8. The molecule has 0 amide bonds. The molecular weight excluding hydrogens is 400 g/mol. The van der Waals surface area contributed by atoms with Gasteiger partial charge in [-0.1, -0.05) is 12.1 Å². The first-order chi connectivity index (χ1) is 15.1. The Morgan fingerprint density at radius 1 is 1.10 bits per heavy atom. The van der Waals surface area contributed by atoms with Crippen molar-refractivity contribution in [3.05, 3.63) is 52.6 Å². The molecule has 5 rings (SSSR count). The van der Waals surface area contributed by atoms with Crippen molar-refractivity contribution < 1.29 is 14.6 Å². The van der Waals surface area contributed by atoms with Gasteiger partial charge in [-0.3, -0.25) is 15.6 Å². The number of anilines is 2. The summed E-state index contributed by atoms with van der Waals surface area (Å²) in [5.41, 5.74) is 10.4. The molecule has 1 fully saturated rings. The van der Waals surface area contributed by atoms with Gasteiger partial charge >= 0.3 is 5.97 Å². The first-order valence-corrected chi connectivity index (χ1v) is 10.0. The maximum atomic E-state index is 12.4. The minimum atomic E-state index is -1.07. The van der Waals surface area contributed by atoms with Crippen LogP contribution in [0.4, 0.5) is 11.5 Å². The van der Waals surface area contributed by atoms with Crippen LogP contribution in [0.2, 0.25) is 0 Å². The highest BCUT2D eigenvalue weighted by atomic mass is 16.5. The summed E-state index contributed by atoms with van der Waals surface area (Å²) in [6.45, 7) is 0. The number of benzene rings is 1. The van der Waals surface area contributed by atoms with E-state index >= 15 is 0 Å². The van der Waals surface area contributed by atoms with Crippen molar-refractivity contribution in [1.82, 2.24) is 20.5 Å². The van der Waals surface area contributed by atoms with E-state index in [4.69, 9.17) is 9.84 Å². The molecule has 1 aliphatic carbocycles. The number of nitrogens with one attached hydrogen (secondary N) is 4. The van der Waals surface area contributed by atoms with Crippen LogP contribution in [-0.2, 0) is 0 Å². The third kappa shape index (κ3) is 3.68. The molecule has 0 radical (unpaired) electrons. The highest BCUT2D eigenvalue weighted by molar-refractivity contribution is 5.86. The fourth-order valence-electron chi connectivity index (χ4n) is 3.83. The number of hydrogen-bond donors (Lipinski definition) is 5. The van der Waals surface area contributed by atoms with Crippen LogP contribution in [0, 0.1) is 0 Å². The monoisotopic (exact) mass is 420 g/mol. The van der Waals surface area contributed by atoms with Crippen LogP contribution >= 0.6 is 0 Å². The minimum absolute atomic E-state index is 0.0163. The molecule has 0 unspecified atom stereocenters. The maximum Gasteiger partial charge on any atom is 0.354 e. The van der Waals surface area contributed by atoms with E-state index in [0.717, 1.165) is 36.8 Å². The Labute approximate surface area is 176 Å². The Balaban J connectivity index is 1.57. The van der Waals surface area contributed by atoms with E-state index < -0.39 is 5.97 Å². The van der Waals surface area contributed by atoms with Crippen molar-refractivity contribution in [3.63, 3.8) is 0 Å². The quantitative estimate of drug-likeness (QED) is 0.421. The Kier molecular flexibility index (Phi) is 4.75. The maximum absolute atomic E-state index is 12.4. The van der Waals surface area contributed by atoms with E-state index in [0.29, 0.717) is 28.6 Å². The summed E-state index contributed by atoms with van der Waals surface area (Å²) < 4.78 is 6.32. The summed E-state index contributed by atoms with van der Waals surface area (Å²) in [5.74, 6) is 0.328. The fourth-order valence-corrected chi connectivity index (χ4v) is 3.83. The van der Waals surface area contributed by atoms with Crippen LogP contribution in [-0.4, -0.2) is 32.1 Å². The highest BCUT2D eigenvalue weighted by Crippen LogP contribution is 2.36. The Morgan fingerprint density at radius 2 is 1.90 bits per heavy atom. The predicted molar refractivity (Wildman–Crippen MR) is 114 cm³/mol. The van der Waals surface area contributed by atoms with Crippen LogP contribution in [0.1, 0.15) is 36.2 Å². The molecule has 0 atom stereocenters. The molecule has 5 N–H and O–H groups in total. The number of H-pyrrole nitrogens is 1. The van der Waals surface area contributed by atoms with Crippen molar-refractivity contribution in [2.24, 2.45) is 0 Å². The van der Waals surface area contributed by atoms with Crippen molar-refractivity contribution in [1.29, 1.82) is 0 Å². The number of aromatic carboxylic acids is 1. The number of hydrazine groups is 2. The number of aromatic nitrogens is 3. The number of nitrogens with zero attached hydrogens (tertiary/aromatic N) is 2. The van der Waals surface area contributed by atoms with Gasteiger partial charge in [-0.15, -0.1) is 5.53 Å². The lowest BCUT2D eigenvalue weighted by Gasteiger charge is -2.18. The summed E-state index contributed by atoms with van der Waals surface area (Å²) in [6, 6.07) is 8.76. The number of pyridine rings is 1. The molecule has 0 bridgehead atoms. The SMILES string of the molecule is O=C(O)c1ccc(-c2ccc(-c3nc4c(c(=O)[nH]3)NNN4)c(OC3CCCC3)c2)cn1. The van der Waals surface area contributed by atoms with E-state index in [1.165, 1.54) is 12.3 Å². The van der Waals surface area contributed by atoms with E-state index in [1.54, 1.807) is 6.07 Å². The normalized spacial score (nSPS) is 15.2. The standard InChI is InChI=1S/C21H20N6O4/c28-20-17-19(26-27-25-17)23-18(24-20)14-7-5-11(9-16(14)31-13-3-1-2-4-13)12-6-8-15(21(29)30)22-10-12/h5-10,13,25,27H,1-4H2,(H,29,30)(H2,23,24,26,28). The van der Waals surface area contributed by atoms with Crippen molar-refractivity contribution >= 4 is 17.5 Å². The zero-order valence-corrected chi connectivity index (χ0v) is 16.4. The Morgan fingerprint density at radius 3 is 2.65 bits per heavy atom. The molecule has 31 heavy (non-hydrogen) atoms. The van der Waals surface area contributed by atoms with E-state index in [1.807, 2.05) is 18.2 Å². The van der Waals surface area contributed by atoms with Crippen molar-refractivity contribution in [3.8, 4) is 28.3 Å². The van der Waals surface area contributed by atoms with Gasteiger partial charge in [-0.2, -0.15) is 0 Å². The van der Waals surface area contributed by atoms with E-state index in [9.17, 15) is 9.59 Å². The molecule has 10 heteroatoms. The number of hydrogen-bond acceptors (Lipinski definition) is 8. The van der Waals surface area contributed by atoms with E-state index in [2.05, 4.69) is 31.3 Å². The summed E-state index contributed by atoms with van der Waals surface area (Å²) in [7, 11) is 0. The topological polar surface area (TPSA) is 141 Å². The molecule has 10 nitrogen and oxygen atoms in total. The summed E-state index contributed by atoms with van der Waals surface area (Å²) in [5, 5.41) is 9.07. The average molecular weight is 420 g/mol. The molecule has 1 aromatic carbocycles. The van der Waals surface area contributed by atoms with Crippen molar-refractivity contribution in [2.45, 2.75) is 31.8 Å². The molecule has 0 saturated heterocycles. The molecule has 2 aromatic heterocycles. The van der Waals surface area contributed by atoms with Crippen LogP contribution in [0.5, 0.6) is 5.75 Å². The second-order valence-corrected chi connectivity index (χ2v) is 7.49. The first-order valence-electron chi connectivity index (χ1n) is 10.0. The predicted octanol–water partition coefficient (Wildman–Crippen LogP) is 2.78. The van der Waals surface area contributed by atoms with Gasteiger partial charge in [0.1, 0.15) is 17.3 Å². The highest BCUT2D eigenvalue weighted by Gasteiger charge is 2.22. The number of carboxylic acid groups (broad SMARTS) is 1. The van der Waals surface area contributed by atoms with Crippen LogP contribution < -0.4 is 26.7 Å². The average Bonchev–Trinajstić information content (AvgIpc) is 3.46. The zero-order valence-electron chi connectivity index (χ0n) is 16.4. The number of carboxylic acids is 1. The van der Waals surface area contributed by atoms with Gasteiger partial charge in [0.2, 0.25) is 0 Å². The molecule has 3 heterocycles. The van der Waals surface area contributed by atoms with Gasteiger partial charge in [-0.05, 0) is 49.4 Å². The largest absolute Gasteiger partial charge is 0.490 e. The molecule has 158 valence electrons. The second-order valence-electron chi connectivity index (χ2n) is 7.49. The molecule has 2 aliphatic rings. The Bertz CT molecular complexity index is 1200. The fraction of sp³-hybridized carbons (Fsp3) is 0.238. The van der Waals surface area contributed by atoms with Crippen LogP contribution in [0.3, 0.4) is 0 Å². The summed E-state index contributed by atoms with van der Waals surface area (Å²) >= 11 is 0. The number of aromatic amines is 1. The molecule has 1 aliphatic heterocycles. The zero-order chi connectivity index (χ0) is 21.4. The van der Waals surface area contributed by atoms with Gasteiger partial charge in [0, 0.05) is 11.8 Å². The van der Waals surface area contributed by atoms with Gasteiger partial charge in [0.05, 0.1) is 11.7 Å². The third-order valence-electron chi connectivity index (χ3n) is 5.44. The first kappa shape index (κ1) is 19.1. The number of fused-ring (bicyclic) bond motifs is 1. The van der Waals surface area contributed by atoms with Gasteiger partial charge in [0.15, 0.2) is 11.5 Å². The van der Waals surface area contributed by atoms with Gasteiger partial charge in [0.25, 0.3) is 5.56 Å². The molecular formula is C21H20N6O4. The second kappa shape index (κ2) is 7.73. The lowest BCUT2D eigenvalue weighted by molar-refractivity contribution is 0.0690. The molecule has 1 saturated carbocycles. The van der Waals surface area contributed by atoms with E-state index in [-0.39, 0.29) is 17.4 Å². The lowest BCUT2D eigenvalue weighted by atomic mass is 10.0. The minimum Gasteiger partial charge on any atom is -0.490 e.